The van der Waals surface area contributed by atoms with E-state index in [4.69, 9.17) is 0 Å². The van der Waals surface area contributed by atoms with E-state index in [0.717, 1.165) is 0 Å². The number of hydrogen-bond donors (Lipinski definition) is 3. The van der Waals surface area contributed by atoms with Gasteiger partial charge >= 0.3 is 0 Å². The SMILES string of the molecule is Sc1cnc(S)c(S)n1.c1ccnnc1. The first-order valence-corrected chi connectivity index (χ1v) is 5.20. The van der Waals surface area contributed by atoms with Crippen molar-refractivity contribution in [2.45, 2.75) is 15.1 Å². The van der Waals surface area contributed by atoms with Gasteiger partial charge < -0.3 is 0 Å². The van der Waals surface area contributed by atoms with Gasteiger partial charge in [0.05, 0.1) is 6.20 Å². The third kappa shape index (κ3) is 5.01. The minimum Gasteiger partial charge on any atom is -0.245 e. The van der Waals surface area contributed by atoms with Gasteiger partial charge in [-0.3, -0.25) is 0 Å². The van der Waals surface area contributed by atoms with Gasteiger partial charge in [-0.15, -0.1) is 37.9 Å². The summed E-state index contributed by atoms with van der Waals surface area (Å²) in [6.45, 7) is 0. The molecule has 2 rings (SSSR count). The average molecular weight is 256 g/mol. The highest BCUT2D eigenvalue weighted by Gasteiger charge is 1.95. The Morgan fingerprint density at radius 2 is 1.47 bits per heavy atom. The Labute approximate surface area is 104 Å². The molecule has 0 atom stereocenters. The highest BCUT2D eigenvalue weighted by Crippen LogP contribution is 2.13. The van der Waals surface area contributed by atoms with E-state index in [1.807, 2.05) is 12.1 Å². The molecule has 0 aliphatic carbocycles. The van der Waals surface area contributed by atoms with Crippen LogP contribution < -0.4 is 0 Å². The van der Waals surface area contributed by atoms with Crippen LogP contribution in [-0.4, -0.2) is 20.2 Å². The first-order valence-electron chi connectivity index (χ1n) is 3.85. The van der Waals surface area contributed by atoms with Gasteiger partial charge in [0.15, 0.2) is 0 Å². The smallest absolute Gasteiger partial charge is 0.126 e. The van der Waals surface area contributed by atoms with E-state index >= 15 is 0 Å². The number of rotatable bonds is 0. The van der Waals surface area contributed by atoms with E-state index in [2.05, 4.69) is 58.1 Å². The van der Waals surface area contributed by atoms with E-state index in [1.165, 1.54) is 6.20 Å². The van der Waals surface area contributed by atoms with Crippen molar-refractivity contribution in [1.29, 1.82) is 0 Å². The lowest BCUT2D eigenvalue weighted by molar-refractivity contribution is 0.858. The van der Waals surface area contributed by atoms with Crippen molar-refractivity contribution in [1.82, 2.24) is 20.2 Å². The Morgan fingerprint density at radius 3 is 1.80 bits per heavy atom. The summed E-state index contributed by atoms with van der Waals surface area (Å²) in [6, 6.07) is 3.65. The standard InChI is InChI=1S/C4H4N2S3.C4H4N2/c7-2-1-5-3(8)4(9)6-2;1-2-4-6-5-3-1/h1H,(H,5,8)(H2,6,7,9);1-4H. The van der Waals surface area contributed by atoms with Gasteiger partial charge in [0.2, 0.25) is 0 Å². The predicted octanol–water partition coefficient (Wildman–Crippen LogP) is 1.82. The lowest BCUT2D eigenvalue weighted by atomic mass is 10.6. The topological polar surface area (TPSA) is 51.6 Å². The minimum absolute atomic E-state index is 0.505. The summed E-state index contributed by atoms with van der Waals surface area (Å²) in [5.74, 6) is 0. The Balaban J connectivity index is 0.000000162. The average Bonchev–Trinajstić information content (AvgIpc) is 2.27. The molecule has 0 saturated heterocycles. The van der Waals surface area contributed by atoms with Gasteiger partial charge in [-0.25, -0.2) is 9.97 Å². The Bertz CT molecular complexity index is 383. The molecule has 0 radical (unpaired) electrons. The van der Waals surface area contributed by atoms with Gasteiger partial charge in [-0.05, 0) is 12.1 Å². The lowest BCUT2D eigenvalue weighted by Gasteiger charge is -1.94. The predicted molar refractivity (Wildman–Crippen MR) is 65.8 cm³/mol. The second-order valence-electron chi connectivity index (χ2n) is 2.29. The molecule has 0 spiro atoms. The Kier molecular flexibility index (Phi) is 5.44. The lowest BCUT2D eigenvalue weighted by Crippen LogP contribution is -1.83. The van der Waals surface area contributed by atoms with Crippen LogP contribution in [0.5, 0.6) is 0 Å². The minimum atomic E-state index is 0.505. The van der Waals surface area contributed by atoms with E-state index in [9.17, 15) is 0 Å². The molecule has 4 nitrogen and oxygen atoms in total. The molecule has 0 aliphatic rings. The number of thiol groups is 3. The maximum absolute atomic E-state index is 3.97. The second kappa shape index (κ2) is 6.65. The maximum Gasteiger partial charge on any atom is 0.126 e. The van der Waals surface area contributed by atoms with Crippen LogP contribution in [-0.2, 0) is 0 Å². The summed E-state index contributed by atoms with van der Waals surface area (Å²) >= 11 is 11.9. The van der Waals surface area contributed by atoms with Crippen LogP contribution in [0.15, 0.2) is 45.8 Å². The molecule has 0 fully saturated rings. The van der Waals surface area contributed by atoms with Gasteiger partial charge in [-0.2, -0.15) is 10.2 Å². The largest absolute Gasteiger partial charge is 0.245 e. The van der Waals surface area contributed by atoms with Crippen LogP contribution in [0.3, 0.4) is 0 Å². The molecule has 0 unspecified atom stereocenters. The summed E-state index contributed by atoms with van der Waals surface area (Å²) in [7, 11) is 0. The Morgan fingerprint density at radius 1 is 0.867 bits per heavy atom. The van der Waals surface area contributed by atoms with E-state index in [1.54, 1.807) is 12.4 Å². The molecular formula is C8H8N4S3. The monoisotopic (exact) mass is 256 g/mol. The third-order valence-electron chi connectivity index (χ3n) is 1.21. The van der Waals surface area contributed by atoms with E-state index in [-0.39, 0.29) is 0 Å². The molecule has 0 amide bonds. The van der Waals surface area contributed by atoms with Crippen LogP contribution in [0.25, 0.3) is 0 Å². The van der Waals surface area contributed by atoms with E-state index in [0.29, 0.717) is 15.1 Å². The maximum atomic E-state index is 3.97. The Hall–Kier alpha value is -0.790. The fraction of sp³-hybridized carbons (Fsp3) is 0. The zero-order valence-corrected chi connectivity index (χ0v) is 10.2. The number of aromatic nitrogens is 4. The van der Waals surface area contributed by atoms with Crippen LogP contribution >= 0.6 is 37.9 Å². The molecule has 78 valence electrons. The molecule has 0 saturated carbocycles. The van der Waals surface area contributed by atoms with Crippen molar-refractivity contribution in [2.75, 3.05) is 0 Å². The van der Waals surface area contributed by atoms with Crippen molar-refractivity contribution in [3.05, 3.63) is 30.7 Å². The van der Waals surface area contributed by atoms with Crippen LogP contribution in [0, 0.1) is 0 Å². The van der Waals surface area contributed by atoms with Gasteiger partial charge in [0.1, 0.15) is 15.1 Å². The molecule has 0 aliphatic heterocycles. The molecular weight excluding hydrogens is 248 g/mol. The first-order chi connectivity index (χ1) is 7.20. The molecule has 2 aromatic rings. The molecule has 15 heavy (non-hydrogen) atoms. The van der Waals surface area contributed by atoms with E-state index < -0.39 is 0 Å². The van der Waals surface area contributed by atoms with Crippen LogP contribution in [0.4, 0.5) is 0 Å². The fourth-order valence-electron chi connectivity index (χ4n) is 0.617. The summed E-state index contributed by atoms with van der Waals surface area (Å²) in [6.07, 6.45) is 4.80. The zero-order valence-electron chi connectivity index (χ0n) is 7.52. The number of hydrogen-bond acceptors (Lipinski definition) is 7. The van der Waals surface area contributed by atoms with Crippen molar-refractivity contribution in [2.24, 2.45) is 0 Å². The summed E-state index contributed by atoms with van der Waals surface area (Å²) in [5, 5.41) is 8.65. The summed E-state index contributed by atoms with van der Waals surface area (Å²) in [5.41, 5.74) is 0. The van der Waals surface area contributed by atoms with Crippen molar-refractivity contribution in [3.63, 3.8) is 0 Å². The third-order valence-corrected chi connectivity index (χ3v) is 2.24. The van der Waals surface area contributed by atoms with Gasteiger partial charge in [0.25, 0.3) is 0 Å². The molecule has 2 aromatic heterocycles. The van der Waals surface area contributed by atoms with Crippen LogP contribution in [0.2, 0.25) is 0 Å². The summed E-state index contributed by atoms with van der Waals surface area (Å²) < 4.78 is 0. The quantitative estimate of drug-likeness (QED) is 0.629. The highest BCUT2D eigenvalue weighted by molar-refractivity contribution is 7.83. The second-order valence-corrected chi connectivity index (χ2v) is 3.59. The molecule has 7 heteroatoms. The zero-order chi connectivity index (χ0) is 11.1. The van der Waals surface area contributed by atoms with Gasteiger partial charge in [0, 0.05) is 12.4 Å². The highest BCUT2D eigenvalue weighted by atomic mass is 32.1. The fourth-order valence-corrected chi connectivity index (χ4v) is 1.13. The van der Waals surface area contributed by atoms with Gasteiger partial charge in [-0.1, -0.05) is 0 Å². The first kappa shape index (κ1) is 12.3. The molecule has 2 heterocycles. The molecule has 0 bridgehead atoms. The summed E-state index contributed by atoms with van der Waals surface area (Å²) in [4.78, 5) is 7.69. The molecule has 0 N–H and O–H groups in total. The molecule has 0 aromatic carbocycles. The number of nitrogens with zero attached hydrogens (tertiary/aromatic N) is 4. The van der Waals surface area contributed by atoms with Crippen molar-refractivity contribution >= 4 is 37.9 Å². The van der Waals surface area contributed by atoms with Crippen LogP contribution in [0.1, 0.15) is 0 Å². The normalized spacial score (nSPS) is 9.00. The van der Waals surface area contributed by atoms with Crippen molar-refractivity contribution in [3.8, 4) is 0 Å². The van der Waals surface area contributed by atoms with Crippen molar-refractivity contribution < 1.29 is 0 Å².